The third-order valence-corrected chi connectivity index (χ3v) is 8.24. The van der Waals surface area contributed by atoms with Crippen LogP contribution < -0.4 is 9.62 Å². The first kappa shape index (κ1) is 28.8. The van der Waals surface area contributed by atoms with Crippen LogP contribution in [0.15, 0.2) is 83.8 Å². The van der Waals surface area contributed by atoms with E-state index in [1.54, 1.807) is 62.4 Å². The molecular formula is C29H34FN3O4S. The fourth-order valence-corrected chi connectivity index (χ4v) is 5.43. The smallest absolute Gasteiger partial charge is 0.264 e. The van der Waals surface area contributed by atoms with Crippen molar-refractivity contribution in [3.05, 3.63) is 95.8 Å². The number of hydrogen-bond donors (Lipinski definition) is 1. The molecule has 7 nitrogen and oxygen atoms in total. The lowest BCUT2D eigenvalue weighted by Crippen LogP contribution is -2.52. The molecule has 0 aliphatic rings. The molecule has 1 N–H and O–H groups in total. The highest BCUT2D eigenvalue weighted by molar-refractivity contribution is 7.92. The Kier molecular flexibility index (Phi) is 9.63. The predicted octanol–water partition coefficient (Wildman–Crippen LogP) is 4.66. The average molecular weight is 540 g/mol. The van der Waals surface area contributed by atoms with Gasteiger partial charge in [-0.1, -0.05) is 61.5 Å². The summed E-state index contributed by atoms with van der Waals surface area (Å²) in [6.07, 6.45) is 0.691. The fraction of sp³-hybridized carbons (Fsp3) is 0.310. The van der Waals surface area contributed by atoms with Gasteiger partial charge in [-0.2, -0.15) is 0 Å². The lowest BCUT2D eigenvalue weighted by atomic mass is 10.1. The lowest BCUT2D eigenvalue weighted by Gasteiger charge is -2.33. The van der Waals surface area contributed by atoms with Gasteiger partial charge < -0.3 is 10.2 Å². The molecule has 3 rings (SSSR count). The van der Waals surface area contributed by atoms with E-state index < -0.39 is 40.2 Å². The number of amides is 2. The normalized spacial score (nSPS) is 12.9. The topological polar surface area (TPSA) is 86.8 Å². The number of hydrogen-bond acceptors (Lipinski definition) is 4. The zero-order valence-corrected chi connectivity index (χ0v) is 22.9. The van der Waals surface area contributed by atoms with E-state index in [4.69, 9.17) is 0 Å². The van der Waals surface area contributed by atoms with Gasteiger partial charge in [-0.05, 0) is 57.0 Å². The second-order valence-corrected chi connectivity index (χ2v) is 11.1. The van der Waals surface area contributed by atoms with Crippen molar-refractivity contribution in [1.82, 2.24) is 10.2 Å². The van der Waals surface area contributed by atoms with Crippen LogP contribution >= 0.6 is 0 Å². The number of anilines is 1. The summed E-state index contributed by atoms with van der Waals surface area (Å²) in [5.41, 5.74) is 1.22. The molecule has 0 radical (unpaired) electrons. The van der Waals surface area contributed by atoms with E-state index in [1.807, 2.05) is 13.8 Å². The number of rotatable bonds is 11. The maximum absolute atomic E-state index is 14.6. The van der Waals surface area contributed by atoms with Crippen LogP contribution in [0.4, 0.5) is 10.1 Å². The molecule has 3 aromatic carbocycles. The van der Waals surface area contributed by atoms with Crippen molar-refractivity contribution in [3.63, 3.8) is 0 Å². The Bertz CT molecular complexity index is 1370. The molecule has 0 aliphatic carbocycles. The molecule has 0 unspecified atom stereocenters. The number of aryl methyl sites for hydroxylation is 1. The van der Waals surface area contributed by atoms with Gasteiger partial charge in [0.1, 0.15) is 18.4 Å². The molecule has 0 saturated heterocycles. The Morgan fingerprint density at radius 3 is 2.16 bits per heavy atom. The summed E-state index contributed by atoms with van der Waals surface area (Å²) in [5.74, 6) is -1.56. The van der Waals surface area contributed by atoms with Gasteiger partial charge in [0.15, 0.2) is 0 Å². The Balaban J connectivity index is 2.04. The molecule has 3 aromatic rings. The fourth-order valence-electron chi connectivity index (χ4n) is 3.93. The SMILES string of the molecule is CC[C@H](C)NC(=O)[C@H](C)N(Cc1ccccc1F)C(=O)CN(c1ccccc1C)S(=O)(=O)c1ccccc1. The van der Waals surface area contributed by atoms with Gasteiger partial charge >= 0.3 is 0 Å². The van der Waals surface area contributed by atoms with Crippen molar-refractivity contribution < 1.29 is 22.4 Å². The monoisotopic (exact) mass is 539 g/mol. The lowest BCUT2D eigenvalue weighted by molar-refractivity contribution is -0.139. The second-order valence-electron chi connectivity index (χ2n) is 9.22. The number of para-hydroxylation sites is 1. The molecule has 0 heterocycles. The van der Waals surface area contributed by atoms with Gasteiger partial charge in [-0.3, -0.25) is 13.9 Å². The molecule has 0 fully saturated rings. The van der Waals surface area contributed by atoms with E-state index in [1.165, 1.54) is 35.2 Å². The number of carbonyl (C=O) groups excluding carboxylic acids is 2. The zero-order chi connectivity index (χ0) is 27.9. The molecule has 0 spiro atoms. The van der Waals surface area contributed by atoms with E-state index in [2.05, 4.69) is 5.32 Å². The van der Waals surface area contributed by atoms with Crippen molar-refractivity contribution in [1.29, 1.82) is 0 Å². The number of nitrogens with zero attached hydrogens (tertiary/aromatic N) is 2. The number of benzene rings is 3. The first-order valence-electron chi connectivity index (χ1n) is 12.5. The van der Waals surface area contributed by atoms with Crippen LogP contribution in [0.1, 0.15) is 38.3 Å². The van der Waals surface area contributed by atoms with Crippen LogP contribution in [0.25, 0.3) is 0 Å². The average Bonchev–Trinajstić information content (AvgIpc) is 2.91. The van der Waals surface area contributed by atoms with Crippen LogP contribution in [0, 0.1) is 12.7 Å². The summed E-state index contributed by atoms with van der Waals surface area (Å²) in [7, 11) is -4.14. The van der Waals surface area contributed by atoms with E-state index in [0.717, 1.165) is 4.31 Å². The minimum atomic E-state index is -4.14. The highest BCUT2D eigenvalue weighted by Crippen LogP contribution is 2.27. The molecule has 2 atom stereocenters. The Labute approximate surface area is 224 Å². The van der Waals surface area contributed by atoms with Crippen molar-refractivity contribution in [2.75, 3.05) is 10.8 Å². The third-order valence-electron chi connectivity index (χ3n) is 6.46. The maximum atomic E-state index is 14.6. The van der Waals surface area contributed by atoms with Gasteiger partial charge in [0.2, 0.25) is 11.8 Å². The van der Waals surface area contributed by atoms with Crippen molar-refractivity contribution in [3.8, 4) is 0 Å². The van der Waals surface area contributed by atoms with E-state index in [-0.39, 0.29) is 23.0 Å². The van der Waals surface area contributed by atoms with Crippen LogP contribution in [-0.2, 0) is 26.2 Å². The first-order chi connectivity index (χ1) is 18.1. The standard InChI is InChI=1S/C29H34FN3O4S/c1-5-22(3)31-29(35)23(4)32(19-24-14-10-11-17-26(24)30)28(34)20-33(27-18-12-9-13-21(27)2)38(36,37)25-15-7-6-8-16-25/h6-18,22-23H,5,19-20H2,1-4H3,(H,31,35)/t22-,23-/m0/s1. The molecule has 0 aliphatic heterocycles. The van der Waals surface area contributed by atoms with Crippen molar-refractivity contribution in [2.45, 2.75) is 57.6 Å². The number of sulfonamides is 1. The maximum Gasteiger partial charge on any atom is 0.264 e. The van der Waals surface area contributed by atoms with Crippen LogP contribution in [-0.4, -0.2) is 43.8 Å². The summed E-state index contributed by atoms with van der Waals surface area (Å²) in [6, 6.07) is 19.6. The second kappa shape index (κ2) is 12.7. The molecule has 0 aromatic heterocycles. The van der Waals surface area contributed by atoms with Crippen molar-refractivity contribution >= 4 is 27.5 Å². The summed E-state index contributed by atoms with van der Waals surface area (Å²) in [5, 5.41) is 2.86. The van der Waals surface area contributed by atoms with Gasteiger partial charge in [0.25, 0.3) is 10.0 Å². The molecule has 9 heteroatoms. The first-order valence-corrected chi connectivity index (χ1v) is 14.0. The third kappa shape index (κ3) is 6.77. The number of carbonyl (C=O) groups is 2. The number of halogens is 1. The largest absolute Gasteiger partial charge is 0.352 e. The van der Waals surface area contributed by atoms with Gasteiger partial charge in [-0.15, -0.1) is 0 Å². The summed E-state index contributed by atoms with van der Waals surface area (Å²) < 4.78 is 43.2. The van der Waals surface area contributed by atoms with Gasteiger partial charge in [0, 0.05) is 18.2 Å². The predicted molar refractivity (Wildman–Crippen MR) is 146 cm³/mol. The van der Waals surface area contributed by atoms with Crippen molar-refractivity contribution in [2.24, 2.45) is 0 Å². The van der Waals surface area contributed by atoms with Gasteiger partial charge in [-0.25, -0.2) is 12.8 Å². The van der Waals surface area contributed by atoms with E-state index in [9.17, 15) is 22.4 Å². The minimum absolute atomic E-state index is 0.0271. The molecule has 38 heavy (non-hydrogen) atoms. The summed E-state index contributed by atoms with van der Waals surface area (Å²) >= 11 is 0. The summed E-state index contributed by atoms with van der Waals surface area (Å²) in [6.45, 7) is 6.31. The summed E-state index contributed by atoms with van der Waals surface area (Å²) in [4.78, 5) is 28.1. The Hall–Kier alpha value is -3.72. The molecular weight excluding hydrogens is 505 g/mol. The highest BCUT2D eigenvalue weighted by atomic mass is 32.2. The minimum Gasteiger partial charge on any atom is -0.352 e. The van der Waals surface area contributed by atoms with E-state index in [0.29, 0.717) is 17.7 Å². The zero-order valence-electron chi connectivity index (χ0n) is 22.1. The van der Waals surface area contributed by atoms with Crippen LogP contribution in [0.5, 0.6) is 0 Å². The molecule has 202 valence electrons. The molecule has 2 amide bonds. The number of nitrogens with one attached hydrogen (secondary N) is 1. The Morgan fingerprint density at radius 2 is 1.53 bits per heavy atom. The quantitative estimate of drug-likeness (QED) is 0.384. The van der Waals surface area contributed by atoms with Crippen LogP contribution in [0.3, 0.4) is 0 Å². The highest BCUT2D eigenvalue weighted by Gasteiger charge is 2.33. The van der Waals surface area contributed by atoms with E-state index >= 15 is 0 Å². The Morgan fingerprint density at radius 1 is 0.921 bits per heavy atom. The van der Waals surface area contributed by atoms with Crippen LogP contribution in [0.2, 0.25) is 0 Å². The molecule has 0 saturated carbocycles. The van der Waals surface area contributed by atoms with Gasteiger partial charge in [0.05, 0.1) is 10.6 Å². The molecule has 0 bridgehead atoms.